The molecule has 2 heterocycles. The van der Waals surface area contributed by atoms with Gasteiger partial charge in [-0.25, -0.2) is 25.9 Å². The van der Waals surface area contributed by atoms with Gasteiger partial charge in [0.15, 0.2) is 0 Å². The van der Waals surface area contributed by atoms with Crippen LogP contribution >= 0.6 is 0 Å². The van der Waals surface area contributed by atoms with E-state index in [0.717, 1.165) is 4.31 Å². The summed E-state index contributed by atoms with van der Waals surface area (Å²) in [4.78, 5) is 0.0844. The van der Waals surface area contributed by atoms with E-state index in [-0.39, 0.29) is 23.9 Å². The van der Waals surface area contributed by atoms with Crippen molar-refractivity contribution in [3.05, 3.63) is 11.9 Å². The molecule has 0 saturated carbocycles. The molecule has 0 amide bonds. The Kier molecular flexibility index (Phi) is 5.16. The number of ether oxygens (including phenoxy) is 1. The van der Waals surface area contributed by atoms with E-state index < -0.39 is 32.0 Å². The first-order chi connectivity index (χ1) is 10.5. The Bertz CT molecular complexity index is 769. The highest BCUT2D eigenvalue weighted by Crippen LogP contribution is 2.20. The summed E-state index contributed by atoms with van der Waals surface area (Å²) in [5.74, 6) is -0.603. The van der Waals surface area contributed by atoms with Gasteiger partial charge in [0.2, 0.25) is 20.0 Å². The number of rotatable bonds is 6. The van der Waals surface area contributed by atoms with Crippen LogP contribution in [0.1, 0.15) is 5.69 Å². The van der Waals surface area contributed by atoms with E-state index in [1.54, 1.807) is 14.0 Å². The summed E-state index contributed by atoms with van der Waals surface area (Å²) in [7, 11) is -2.69. The summed E-state index contributed by atoms with van der Waals surface area (Å²) in [5, 5.41) is 4.02. The summed E-state index contributed by atoms with van der Waals surface area (Å²) >= 11 is 0. The SMILES string of the molecule is Cc1nn(C)cc1S(=O)(=O)N[C@@H]1COC[C@H]1CS(=O)(=O)N(C)C. The second kappa shape index (κ2) is 6.48. The second-order valence-corrected chi connectivity index (χ2v) is 9.75. The molecule has 23 heavy (non-hydrogen) atoms. The van der Waals surface area contributed by atoms with Gasteiger partial charge in [0.25, 0.3) is 0 Å². The van der Waals surface area contributed by atoms with Crippen molar-refractivity contribution in [3.63, 3.8) is 0 Å². The molecule has 1 aromatic heterocycles. The molecular formula is C12H22N4O5S2. The lowest BCUT2D eigenvalue weighted by Gasteiger charge is -2.20. The lowest BCUT2D eigenvalue weighted by Crippen LogP contribution is -2.43. The number of sulfonamides is 2. The first-order valence-electron chi connectivity index (χ1n) is 7.03. The molecule has 11 heteroatoms. The van der Waals surface area contributed by atoms with E-state index in [2.05, 4.69) is 9.82 Å². The monoisotopic (exact) mass is 366 g/mol. The Morgan fingerprint density at radius 3 is 2.52 bits per heavy atom. The molecule has 9 nitrogen and oxygen atoms in total. The average Bonchev–Trinajstić information content (AvgIpc) is 2.95. The minimum Gasteiger partial charge on any atom is -0.379 e. The van der Waals surface area contributed by atoms with Crippen molar-refractivity contribution in [2.45, 2.75) is 17.9 Å². The lowest BCUT2D eigenvalue weighted by atomic mass is 10.1. The fourth-order valence-electron chi connectivity index (χ4n) is 2.42. The van der Waals surface area contributed by atoms with Gasteiger partial charge in [-0.15, -0.1) is 0 Å². The number of aromatic nitrogens is 2. The minimum atomic E-state index is -3.78. The highest BCUT2D eigenvalue weighted by Gasteiger charge is 2.36. The Balaban J connectivity index is 2.17. The van der Waals surface area contributed by atoms with Crippen LogP contribution in [0.5, 0.6) is 0 Å². The Morgan fingerprint density at radius 2 is 2.00 bits per heavy atom. The molecule has 0 bridgehead atoms. The minimum absolute atomic E-state index is 0.0844. The number of nitrogens with one attached hydrogen (secondary N) is 1. The van der Waals surface area contributed by atoms with Crippen LogP contribution in [0.4, 0.5) is 0 Å². The molecule has 0 radical (unpaired) electrons. The van der Waals surface area contributed by atoms with Crippen LogP contribution < -0.4 is 4.72 Å². The zero-order chi connectivity index (χ0) is 17.4. The molecule has 1 aliphatic heterocycles. The number of hydrogen-bond acceptors (Lipinski definition) is 6. The third kappa shape index (κ3) is 4.10. The van der Waals surface area contributed by atoms with Gasteiger partial charge in [0.05, 0.1) is 30.7 Å². The first kappa shape index (κ1) is 18.3. The molecule has 0 aliphatic carbocycles. The maximum atomic E-state index is 12.5. The summed E-state index contributed by atoms with van der Waals surface area (Å²) in [5.41, 5.74) is 0.386. The molecule has 0 unspecified atom stereocenters. The van der Waals surface area contributed by atoms with E-state index in [4.69, 9.17) is 4.74 Å². The van der Waals surface area contributed by atoms with Crippen molar-refractivity contribution in [2.75, 3.05) is 33.1 Å². The summed E-state index contributed by atoms with van der Waals surface area (Å²) < 4.78 is 59.4. The number of aryl methyl sites for hydroxylation is 2. The van der Waals surface area contributed by atoms with E-state index in [1.165, 1.54) is 25.0 Å². The Labute approximate surface area is 136 Å². The van der Waals surface area contributed by atoms with Crippen molar-refractivity contribution in [1.82, 2.24) is 18.8 Å². The van der Waals surface area contributed by atoms with Crippen LogP contribution in [-0.4, -0.2) is 70.0 Å². The van der Waals surface area contributed by atoms with Crippen molar-refractivity contribution in [1.29, 1.82) is 0 Å². The van der Waals surface area contributed by atoms with Gasteiger partial charge < -0.3 is 4.74 Å². The van der Waals surface area contributed by atoms with Gasteiger partial charge in [-0.3, -0.25) is 4.68 Å². The molecular weight excluding hydrogens is 344 g/mol. The lowest BCUT2D eigenvalue weighted by molar-refractivity contribution is 0.185. The second-order valence-electron chi connectivity index (χ2n) is 5.84. The van der Waals surface area contributed by atoms with Crippen LogP contribution in [-0.2, 0) is 31.8 Å². The quantitative estimate of drug-likeness (QED) is 0.685. The van der Waals surface area contributed by atoms with E-state index >= 15 is 0 Å². The highest BCUT2D eigenvalue weighted by molar-refractivity contribution is 7.89. The molecule has 0 aromatic carbocycles. The summed E-state index contributed by atoms with van der Waals surface area (Å²) in [6.45, 7) is 1.95. The summed E-state index contributed by atoms with van der Waals surface area (Å²) in [6, 6.07) is -0.589. The van der Waals surface area contributed by atoms with Crippen LogP contribution in [0.25, 0.3) is 0 Å². The molecule has 1 saturated heterocycles. The van der Waals surface area contributed by atoms with Gasteiger partial charge >= 0.3 is 0 Å². The maximum absolute atomic E-state index is 12.5. The predicted molar refractivity (Wildman–Crippen MR) is 83.8 cm³/mol. The first-order valence-corrected chi connectivity index (χ1v) is 10.1. The third-order valence-electron chi connectivity index (χ3n) is 3.74. The summed E-state index contributed by atoms with van der Waals surface area (Å²) in [6.07, 6.45) is 1.42. The van der Waals surface area contributed by atoms with Crippen LogP contribution in [0.3, 0.4) is 0 Å². The van der Waals surface area contributed by atoms with Gasteiger partial charge in [-0.1, -0.05) is 0 Å². The molecule has 1 aromatic rings. The van der Waals surface area contributed by atoms with E-state index in [1.807, 2.05) is 0 Å². The molecule has 1 fully saturated rings. The van der Waals surface area contributed by atoms with Crippen molar-refractivity contribution in [2.24, 2.45) is 13.0 Å². The van der Waals surface area contributed by atoms with Crippen LogP contribution in [0, 0.1) is 12.8 Å². The molecule has 0 spiro atoms. The number of nitrogens with zero attached hydrogens (tertiary/aromatic N) is 3. The van der Waals surface area contributed by atoms with Gasteiger partial charge in [0, 0.05) is 33.3 Å². The fraction of sp³-hybridized carbons (Fsp3) is 0.750. The van der Waals surface area contributed by atoms with Crippen LogP contribution in [0.15, 0.2) is 11.1 Å². The van der Waals surface area contributed by atoms with Gasteiger partial charge in [-0.2, -0.15) is 5.10 Å². The van der Waals surface area contributed by atoms with Crippen LogP contribution in [0.2, 0.25) is 0 Å². The van der Waals surface area contributed by atoms with Gasteiger partial charge in [0.1, 0.15) is 4.90 Å². The van der Waals surface area contributed by atoms with Crippen molar-refractivity contribution >= 4 is 20.0 Å². The molecule has 1 aliphatic rings. The zero-order valence-electron chi connectivity index (χ0n) is 13.6. The average molecular weight is 366 g/mol. The highest BCUT2D eigenvalue weighted by atomic mass is 32.2. The maximum Gasteiger partial charge on any atom is 0.244 e. The fourth-order valence-corrected chi connectivity index (χ4v) is 5.09. The van der Waals surface area contributed by atoms with E-state index in [9.17, 15) is 16.8 Å². The van der Waals surface area contributed by atoms with Crippen molar-refractivity contribution in [3.8, 4) is 0 Å². The Hall–Kier alpha value is -1.01. The third-order valence-corrected chi connectivity index (χ3v) is 7.30. The molecule has 1 N–H and O–H groups in total. The number of hydrogen-bond donors (Lipinski definition) is 1. The normalized spacial score (nSPS) is 22.8. The zero-order valence-corrected chi connectivity index (χ0v) is 15.2. The standard InChI is InChI=1S/C12H22N4O5S2/c1-9-12(5-16(4)13-9)23(19,20)14-11-7-21-6-10(11)8-22(17,18)15(2)3/h5,10-11,14H,6-8H2,1-4H3/t10-,11+/m0/s1. The predicted octanol–water partition coefficient (Wildman–Crippen LogP) is -1.09. The molecule has 2 atom stereocenters. The molecule has 132 valence electrons. The largest absolute Gasteiger partial charge is 0.379 e. The topological polar surface area (TPSA) is 111 Å². The van der Waals surface area contributed by atoms with E-state index in [0.29, 0.717) is 5.69 Å². The smallest absolute Gasteiger partial charge is 0.244 e. The van der Waals surface area contributed by atoms with Gasteiger partial charge in [-0.05, 0) is 6.92 Å². The van der Waals surface area contributed by atoms with Crippen molar-refractivity contribution < 1.29 is 21.6 Å². The Morgan fingerprint density at radius 1 is 1.35 bits per heavy atom. The molecule has 2 rings (SSSR count).